The number of allylic oxidation sites excluding steroid dienone is 1. The van der Waals surface area contributed by atoms with Crippen molar-refractivity contribution in [3.63, 3.8) is 0 Å². The van der Waals surface area contributed by atoms with E-state index in [2.05, 4.69) is 0 Å². The fraction of sp³-hybridized carbons (Fsp3) is 0.154. The molecular weight excluding hydrogens is 374 g/mol. The number of rotatable bonds is 4. The fourth-order valence-corrected chi connectivity index (χ4v) is 4.77. The van der Waals surface area contributed by atoms with E-state index in [0.29, 0.717) is 0 Å². The first-order valence-electron chi connectivity index (χ1n) is 9.72. The zero-order chi connectivity index (χ0) is 20.4. The van der Waals surface area contributed by atoms with Crippen molar-refractivity contribution in [1.29, 1.82) is 0 Å². The molecule has 0 aliphatic heterocycles. The minimum atomic E-state index is -0.675. The maximum Gasteiger partial charge on any atom is 0.174 e. The van der Waals surface area contributed by atoms with Crippen LogP contribution in [-0.2, 0) is 4.79 Å². The van der Waals surface area contributed by atoms with Crippen molar-refractivity contribution in [1.82, 2.24) is 0 Å². The Labute approximate surface area is 177 Å². The summed E-state index contributed by atoms with van der Waals surface area (Å²) in [5, 5.41) is 0. The smallest absolute Gasteiger partial charge is 0.174 e. The maximum absolute atomic E-state index is 13.7. The highest BCUT2D eigenvalue weighted by Gasteiger charge is 2.50. The van der Waals surface area contributed by atoms with Gasteiger partial charge in [-0.05, 0) is 42.7 Å². The molecule has 3 heteroatoms. The lowest BCUT2D eigenvalue weighted by molar-refractivity contribution is -0.115. The topological polar surface area (TPSA) is 29.4 Å². The van der Waals surface area contributed by atoms with Gasteiger partial charge < -0.3 is 0 Å². The molecule has 0 fully saturated rings. The summed E-state index contributed by atoms with van der Waals surface area (Å²) in [7, 11) is 0. The molecule has 144 valence electrons. The molecule has 0 radical (unpaired) electrons. The Morgan fingerprint density at radius 1 is 0.828 bits per heavy atom. The summed E-state index contributed by atoms with van der Waals surface area (Å²) in [6, 6.07) is 29.7. The predicted octanol–water partition coefficient (Wildman–Crippen LogP) is 6.28. The Hall–Kier alpha value is -2.91. The van der Waals surface area contributed by atoms with Crippen molar-refractivity contribution in [2.24, 2.45) is 10.9 Å². The normalized spacial score (nSPS) is 22.2. The first kappa shape index (κ1) is 19.4. The lowest BCUT2D eigenvalue weighted by Crippen LogP contribution is -2.35. The van der Waals surface area contributed by atoms with E-state index in [1.807, 2.05) is 105 Å². The van der Waals surface area contributed by atoms with Crippen LogP contribution in [0.3, 0.4) is 0 Å². The van der Waals surface area contributed by atoms with E-state index in [1.54, 1.807) is 0 Å². The molecule has 1 aliphatic carbocycles. The van der Waals surface area contributed by atoms with Crippen molar-refractivity contribution in [3.8, 4) is 0 Å². The van der Waals surface area contributed by atoms with Gasteiger partial charge in [0.15, 0.2) is 5.78 Å². The zero-order valence-electron chi connectivity index (χ0n) is 16.5. The van der Waals surface area contributed by atoms with E-state index in [0.717, 1.165) is 33.7 Å². The van der Waals surface area contributed by atoms with Crippen LogP contribution >= 0.6 is 12.6 Å². The van der Waals surface area contributed by atoms with Gasteiger partial charge in [0.2, 0.25) is 0 Å². The summed E-state index contributed by atoms with van der Waals surface area (Å²) in [5.41, 5.74) is 5.26. The number of ketones is 1. The van der Waals surface area contributed by atoms with Gasteiger partial charge in [-0.2, -0.15) is 12.6 Å². The third kappa shape index (κ3) is 3.58. The summed E-state index contributed by atoms with van der Waals surface area (Å²) in [5.74, 6) is -0.360. The molecule has 3 aromatic rings. The van der Waals surface area contributed by atoms with Crippen LogP contribution in [0.2, 0.25) is 0 Å². The minimum Gasteiger partial charge on any atom is -0.293 e. The van der Waals surface area contributed by atoms with Gasteiger partial charge in [-0.25, -0.2) is 0 Å². The Kier molecular flexibility index (Phi) is 5.25. The van der Waals surface area contributed by atoms with E-state index in [9.17, 15) is 4.79 Å². The molecule has 29 heavy (non-hydrogen) atoms. The number of hydrogen-bond donors (Lipinski definition) is 1. The summed E-state index contributed by atoms with van der Waals surface area (Å²) in [6.45, 7) is 3.96. The van der Waals surface area contributed by atoms with Crippen molar-refractivity contribution < 1.29 is 4.79 Å². The van der Waals surface area contributed by atoms with Gasteiger partial charge in [-0.1, -0.05) is 78.9 Å². The number of para-hydroxylation sites is 1. The molecule has 0 aromatic heterocycles. The highest BCUT2D eigenvalue weighted by molar-refractivity contribution is 7.82. The van der Waals surface area contributed by atoms with E-state index in [1.165, 1.54) is 0 Å². The number of aliphatic imine (C=N–C) groups is 1. The number of carbonyl (C=O) groups excluding carboxylic acids is 1. The second kappa shape index (κ2) is 7.84. The molecule has 0 saturated heterocycles. The van der Waals surface area contributed by atoms with Crippen molar-refractivity contribution in [2.45, 2.75) is 18.6 Å². The third-order valence-corrected chi connectivity index (χ3v) is 5.91. The number of thiol groups is 1. The third-order valence-electron chi connectivity index (χ3n) is 5.43. The molecule has 0 spiro atoms. The molecule has 2 atom stereocenters. The van der Waals surface area contributed by atoms with Gasteiger partial charge in [-0.15, -0.1) is 0 Å². The van der Waals surface area contributed by atoms with Crippen LogP contribution in [-0.4, -0.2) is 16.2 Å². The molecular formula is C26H23NOS. The molecule has 0 heterocycles. The van der Waals surface area contributed by atoms with Crippen LogP contribution in [0.5, 0.6) is 0 Å². The van der Waals surface area contributed by atoms with Gasteiger partial charge in [-0.3, -0.25) is 9.79 Å². The zero-order valence-corrected chi connectivity index (χ0v) is 17.4. The highest BCUT2D eigenvalue weighted by atomic mass is 32.1. The standard InChI is InChI=1S/C26H23NOS/c1-18(27-21-16-10-5-11-17-21)23-25(28)22(19-12-6-3-7-13-19)24(26(23,2)29)20-14-8-4-9-15-20/h3-17,23,29H,1-2H3. The highest BCUT2D eigenvalue weighted by Crippen LogP contribution is 2.51. The monoisotopic (exact) mass is 397 g/mol. The van der Waals surface area contributed by atoms with Gasteiger partial charge in [0.25, 0.3) is 0 Å². The van der Waals surface area contributed by atoms with E-state index < -0.39 is 10.7 Å². The number of hydrogen-bond acceptors (Lipinski definition) is 3. The lowest BCUT2D eigenvalue weighted by Gasteiger charge is -2.29. The molecule has 0 amide bonds. The average molecular weight is 398 g/mol. The molecule has 3 aromatic carbocycles. The lowest BCUT2D eigenvalue weighted by atomic mass is 9.85. The van der Waals surface area contributed by atoms with Crippen LogP contribution in [0.1, 0.15) is 25.0 Å². The SMILES string of the molecule is CC(=Nc1ccccc1)C1C(=O)C(c2ccccc2)=C(c2ccccc2)C1(C)S. The maximum atomic E-state index is 13.7. The Morgan fingerprint density at radius 2 is 1.31 bits per heavy atom. The molecule has 0 saturated carbocycles. The summed E-state index contributed by atoms with van der Waals surface area (Å²) < 4.78 is -0.675. The van der Waals surface area contributed by atoms with Crippen LogP contribution in [0.15, 0.2) is 96.0 Å². The van der Waals surface area contributed by atoms with E-state index >= 15 is 0 Å². The summed E-state index contributed by atoms with van der Waals surface area (Å²) in [4.78, 5) is 18.5. The van der Waals surface area contributed by atoms with E-state index in [4.69, 9.17) is 17.6 Å². The van der Waals surface area contributed by atoms with Crippen LogP contribution < -0.4 is 0 Å². The second-order valence-corrected chi connectivity index (χ2v) is 8.44. The molecule has 4 rings (SSSR count). The first-order valence-corrected chi connectivity index (χ1v) is 10.2. The van der Waals surface area contributed by atoms with E-state index in [-0.39, 0.29) is 5.78 Å². The van der Waals surface area contributed by atoms with Crippen LogP contribution in [0.4, 0.5) is 5.69 Å². The van der Waals surface area contributed by atoms with Gasteiger partial charge in [0, 0.05) is 11.3 Å². The second-order valence-electron chi connectivity index (χ2n) is 7.52. The fourth-order valence-electron chi connectivity index (χ4n) is 4.22. The number of carbonyl (C=O) groups is 1. The number of nitrogens with zero attached hydrogens (tertiary/aromatic N) is 1. The van der Waals surface area contributed by atoms with Crippen molar-refractivity contribution in [3.05, 3.63) is 102 Å². The Morgan fingerprint density at radius 3 is 1.86 bits per heavy atom. The first-order chi connectivity index (χ1) is 14.0. The number of benzene rings is 3. The predicted molar refractivity (Wildman–Crippen MR) is 125 cm³/mol. The van der Waals surface area contributed by atoms with Crippen LogP contribution in [0.25, 0.3) is 11.1 Å². The Bertz CT molecular complexity index is 1080. The molecule has 2 unspecified atom stereocenters. The molecule has 2 nitrogen and oxygen atoms in total. The molecule has 1 aliphatic rings. The van der Waals surface area contributed by atoms with Crippen molar-refractivity contribution >= 4 is 41.0 Å². The van der Waals surface area contributed by atoms with Crippen LogP contribution in [0, 0.1) is 5.92 Å². The summed E-state index contributed by atoms with van der Waals surface area (Å²) in [6.07, 6.45) is 0. The quantitative estimate of drug-likeness (QED) is 0.407. The Balaban J connectivity index is 1.89. The van der Waals surface area contributed by atoms with Gasteiger partial charge >= 0.3 is 0 Å². The number of Topliss-reactive ketones (excluding diaryl/α,β-unsaturated/α-hetero) is 1. The van der Waals surface area contributed by atoms with Gasteiger partial charge in [0.1, 0.15) is 0 Å². The summed E-state index contributed by atoms with van der Waals surface area (Å²) >= 11 is 5.07. The molecule has 0 N–H and O–H groups in total. The molecule has 0 bridgehead atoms. The van der Waals surface area contributed by atoms with Crippen molar-refractivity contribution in [2.75, 3.05) is 0 Å². The van der Waals surface area contributed by atoms with Gasteiger partial charge in [0.05, 0.1) is 16.4 Å². The largest absolute Gasteiger partial charge is 0.293 e. The minimum absolute atomic E-state index is 0.0738. The average Bonchev–Trinajstić information content (AvgIpc) is 2.95.